The predicted octanol–water partition coefficient (Wildman–Crippen LogP) is 0.788. The maximum absolute atomic E-state index is 12.0. The molecule has 0 radical (unpaired) electrons. The topological polar surface area (TPSA) is 71.2 Å². The number of carbonyl (C=O) groups is 1. The van der Waals surface area contributed by atoms with E-state index < -0.39 is 0 Å². The number of nitriles is 1. The van der Waals surface area contributed by atoms with Gasteiger partial charge in [-0.05, 0) is 6.92 Å². The van der Waals surface area contributed by atoms with Crippen LogP contribution in [-0.2, 0) is 16.6 Å². The van der Waals surface area contributed by atoms with Crippen molar-refractivity contribution in [1.82, 2.24) is 14.7 Å². The lowest BCUT2D eigenvalue weighted by molar-refractivity contribution is -0.129. The highest BCUT2D eigenvalue weighted by Gasteiger charge is 2.41. The van der Waals surface area contributed by atoms with Crippen molar-refractivity contribution in [3.63, 3.8) is 0 Å². The fourth-order valence-corrected chi connectivity index (χ4v) is 2.55. The van der Waals surface area contributed by atoms with Crippen molar-refractivity contribution in [2.24, 2.45) is 13.0 Å². The quantitative estimate of drug-likeness (QED) is 0.804. The van der Waals surface area contributed by atoms with Crippen LogP contribution in [-0.4, -0.2) is 40.8 Å². The average molecular weight is 262 g/mol. The van der Waals surface area contributed by atoms with E-state index in [1.807, 2.05) is 14.0 Å². The molecule has 1 aromatic rings. The van der Waals surface area contributed by atoms with Crippen LogP contribution in [0.4, 0.5) is 0 Å². The minimum Gasteiger partial charge on any atom is -0.383 e. The van der Waals surface area contributed by atoms with E-state index in [9.17, 15) is 10.1 Å². The second kappa shape index (κ2) is 5.41. The second-order valence-electron chi connectivity index (χ2n) is 4.77. The van der Waals surface area contributed by atoms with Gasteiger partial charge in [0.05, 0.1) is 30.8 Å². The third-order valence-corrected chi connectivity index (χ3v) is 3.73. The molecule has 1 fully saturated rings. The number of hydrogen-bond acceptors (Lipinski definition) is 4. The number of aryl methyl sites for hydroxylation is 1. The first-order valence-electron chi connectivity index (χ1n) is 6.26. The van der Waals surface area contributed by atoms with Gasteiger partial charge in [-0.15, -0.1) is 0 Å². The Balaban J connectivity index is 2.34. The molecule has 2 rings (SSSR count). The van der Waals surface area contributed by atoms with E-state index in [0.29, 0.717) is 13.2 Å². The maximum atomic E-state index is 12.0. The van der Waals surface area contributed by atoms with Crippen molar-refractivity contribution < 1.29 is 9.53 Å². The summed E-state index contributed by atoms with van der Waals surface area (Å²) in [6, 6.07) is 2.04. The summed E-state index contributed by atoms with van der Waals surface area (Å²) in [5, 5.41) is 13.5. The zero-order valence-electron chi connectivity index (χ0n) is 11.5. The fourth-order valence-electron chi connectivity index (χ4n) is 2.55. The molecule has 6 nitrogen and oxygen atoms in total. The van der Waals surface area contributed by atoms with E-state index in [1.165, 1.54) is 0 Å². The van der Waals surface area contributed by atoms with Gasteiger partial charge in [0.25, 0.3) is 0 Å². The number of hydrogen-bond donors (Lipinski definition) is 0. The summed E-state index contributed by atoms with van der Waals surface area (Å²) >= 11 is 0. The average Bonchev–Trinajstić information content (AvgIpc) is 2.88. The van der Waals surface area contributed by atoms with Crippen LogP contribution in [0, 0.1) is 24.2 Å². The summed E-state index contributed by atoms with van der Waals surface area (Å²) in [6.45, 7) is 2.93. The number of methoxy groups -OCH3 is 1. The summed E-state index contributed by atoms with van der Waals surface area (Å²) < 4.78 is 6.81. The SMILES string of the molecule is COCCN1C(=O)C[C@H](C#N)[C@@H]1c1cnn(C)c1C. The van der Waals surface area contributed by atoms with Crippen molar-refractivity contribution in [3.8, 4) is 6.07 Å². The molecule has 0 spiro atoms. The summed E-state index contributed by atoms with van der Waals surface area (Å²) in [6.07, 6.45) is 2.03. The molecule has 6 heteroatoms. The highest BCUT2D eigenvalue weighted by molar-refractivity contribution is 5.80. The third-order valence-electron chi connectivity index (χ3n) is 3.73. The van der Waals surface area contributed by atoms with Crippen LogP contribution in [0.5, 0.6) is 0 Å². The maximum Gasteiger partial charge on any atom is 0.224 e. The van der Waals surface area contributed by atoms with Gasteiger partial charge in [0.15, 0.2) is 0 Å². The Bertz CT molecular complexity index is 517. The molecule has 1 amide bonds. The first-order chi connectivity index (χ1) is 9.10. The fraction of sp³-hybridized carbons (Fsp3) is 0.615. The smallest absolute Gasteiger partial charge is 0.224 e. The van der Waals surface area contributed by atoms with Gasteiger partial charge >= 0.3 is 0 Å². The standard InChI is InChI=1S/C13H18N4O2/c1-9-11(8-15-16(9)2)13-10(7-14)6-12(18)17(13)4-5-19-3/h8,10,13H,4-6H2,1-3H3/t10-,13-/m1/s1. The number of ether oxygens (including phenoxy) is 1. The van der Waals surface area contributed by atoms with Crippen LogP contribution in [0.15, 0.2) is 6.20 Å². The molecule has 0 bridgehead atoms. The molecule has 2 heterocycles. The van der Waals surface area contributed by atoms with Gasteiger partial charge < -0.3 is 9.64 Å². The first kappa shape index (κ1) is 13.6. The largest absolute Gasteiger partial charge is 0.383 e. The summed E-state index contributed by atoms with van der Waals surface area (Å²) in [4.78, 5) is 13.8. The van der Waals surface area contributed by atoms with Crippen molar-refractivity contribution in [3.05, 3.63) is 17.5 Å². The summed E-state index contributed by atoms with van der Waals surface area (Å²) in [7, 11) is 3.46. The van der Waals surface area contributed by atoms with Gasteiger partial charge in [-0.3, -0.25) is 9.48 Å². The third kappa shape index (κ3) is 2.34. The van der Waals surface area contributed by atoms with Gasteiger partial charge in [0.1, 0.15) is 0 Å². The number of carbonyl (C=O) groups excluding carboxylic acids is 1. The van der Waals surface area contributed by atoms with E-state index in [4.69, 9.17) is 4.74 Å². The molecular formula is C13H18N4O2. The lowest BCUT2D eigenvalue weighted by Crippen LogP contribution is -2.32. The number of likely N-dealkylation sites (tertiary alicyclic amines) is 1. The second-order valence-corrected chi connectivity index (χ2v) is 4.77. The Hall–Kier alpha value is -1.87. The van der Waals surface area contributed by atoms with E-state index in [0.717, 1.165) is 11.3 Å². The molecular weight excluding hydrogens is 244 g/mol. The van der Waals surface area contributed by atoms with Gasteiger partial charge in [0.2, 0.25) is 5.91 Å². The molecule has 1 aromatic heterocycles. The van der Waals surface area contributed by atoms with Crippen LogP contribution in [0.2, 0.25) is 0 Å². The Labute approximate surface area is 112 Å². The van der Waals surface area contributed by atoms with Crippen LogP contribution < -0.4 is 0 Å². The van der Waals surface area contributed by atoms with Crippen LogP contribution in [0.1, 0.15) is 23.7 Å². The first-order valence-corrected chi connectivity index (χ1v) is 6.26. The molecule has 0 aliphatic carbocycles. The van der Waals surface area contributed by atoms with E-state index in [-0.39, 0.29) is 24.3 Å². The van der Waals surface area contributed by atoms with Crippen LogP contribution >= 0.6 is 0 Å². The Kier molecular flexibility index (Phi) is 3.86. The summed E-state index contributed by atoms with van der Waals surface area (Å²) in [5.74, 6) is -0.302. The lowest BCUT2D eigenvalue weighted by Gasteiger charge is -2.25. The zero-order chi connectivity index (χ0) is 14.0. The minimum atomic E-state index is -0.313. The van der Waals surface area contributed by atoms with Crippen molar-refractivity contribution in [1.29, 1.82) is 5.26 Å². The molecule has 19 heavy (non-hydrogen) atoms. The minimum absolute atomic E-state index is 0.0110. The Morgan fingerprint density at radius 2 is 2.37 bits per heavy atom. The molecule has 0 unspecified atom stereocenters. The van der Waals surface area contributed by atoms with Crippen molar-refractivity contribution in [2.45, 2.75) is 19.4 Å². The Morgan fingerprint density at radius 1 is 1.63 bits per heavy atom. The van der Waals surface area contributed by atoms with Gasteiger partial charge in [0, 0.05) is 38.4 Å². The van der Waals surface area contributed by atoms with Crippen molar-refractivity contribution in [2.75, 3.05) is 20.3 Å². The monoisotopic (exact) mass is 262 g/mol. The molecule has 1 aliphatic heterocycles. The number of amides is 1. The predicted molar refractivity (Wildman–Crippen MR) is 68.0 cm³/mol. The highest BCUT2D eigenvalue weighted by atomic mass is 16.5. The summed E-state index contributed by atoms with van der Waals surface area (Å²) in [5.41, 5.74) is 1.94. The van der Waals surface area contributed by atoms with E-state index in [1.54, 1.807) is 22.9 Å². The molecule has 1 saturated heterocycles. The normalized spacial score (nSPS) is 22.8. The van der Waals surface area contributed by atoms with E-state index in [2.05, 4.69) is 11.2 Å². The highest BCUT2D eigenvalue weighted by Crippen LogP contribution is 2.38. The molecule has 0 aromatic carbocycles. The van der Waals surface area contributed by atoms with Gasteiger partial charge in [-0.1, -0.05) is 0 Å². The van der Waals surface area contributed by atoms with E-state index >= 15 is 0 Å². The molecule has 2 atom stereocenters. The number of rotatable bonds is 4. The lowest BCUT2D eigenvalue weighted by atomic mass is 9.95. The van der Waals surface area contributed by atoms with Crippen LogP contribution in [0.25, 0.3) is 0 Å². The molecule has 102 valence electrons. The van der Waals surface area contributed by atoms with Gasteiger partial charge in [-0.25, -0.2) is 0 Å². The molecule has 0 N–H and O–H groups in total. The van der Waals surface area contributed by atoms with Gasteiger partial charge in [-0.2, -0.15) is 10.4 Å². The zero-order valence-corrected chi connectivity index (χ0v) is 11.5. The number of nitrogens with zero attached hydrogens (tertiary/aromatic N) is 4. The van der Waals surface area contributed by atoms with Crippen molar-refractivity contribution >= 4 is 5.91 Å². The molecule has 1 aliphatic rings. The number of aromatic nitrogens is 2. The Morgan fingerprint density at radius 3 is 2.89 bits per heavy atom. The molecule has 0 saturated carbocycles. The van der Waals surface area contributed by atoms with Crippen LogP contribution in [0.3, 0.4) is 0 Å².